The molecule has 98 valence electrons. The van der Waals surface area contributed by atoms with Gasteiger partial charge in [-0.25, -0.2) is 0 Å². The lowest BCUT2D eigenvalue weighted by Crippen LogP contribution is -2.39. The molecule has 17 heavy (non-hydrogen) atoms. The molecule has 0 aromatic carbocycles. The van der Waals surface area contributed by atoms with Crippen molar-refractivity contribution in [1.29, 1.82) is 0 Å². The van der Waals surface area contributed by atoms with Gasteiger partial charge in [0, 0.05) is 11.3 Å². The first-order valence-corrected chi connectivity index (χ1v) is 7.82. The van der Waals surface area contributed by atoms with Crippen molar-refractivity contribution in [2.24, 2.45) is 16.3 Å². The van der Waals surface area contributed by atoms with Gasteiger partial charge in [0.25, 0.3) is 0 Å². The Kier molecular flexibility index (Phi) is 4.06. The third-order valence-corrected chi connectivity index (χ3v) is 5.42. The molecule has 1 aliphatic carbocycles. The van der Waals surface area contributed by atoms with Gasteiger partial charge in [-0.3, -0.25) is 4.99 Å². The number of thioether (sulfide) groups is 1. The molecule has 2 rings (SSSR count). The first-order valence-electron chi connectivity index (χ1n) is 6.94. The SMILES string of the molecule is CC(C)C1CN=C(NC2CCCC(C)(C)C2)S1. The molecule has 0 radical (unpaired) electrons. The summed E-state index contributed by atoms with van der Waals surface area (Å²) in [5.41, 5.74) is 0.511. The molecule has 0 aromatic heterocycles. The minimum absolute atomic E-state index is 0.511. The number of amidine groups is 1. The van der Waals surface area contributed by atoms with E-state index >= 15 is 0 Å². The van der Waals surface area contributed by atoms with E-state index in [-0.39, 0.29) is 0 Å². The Labute approximate surface area is 110 Å². The fourth-order valence-electron chi connectivity index (χ4n) is 2.81. The average Bonchev–Trinajstić information content (AvgIpc) is 2.64. The van der Waals surface area contributed by atoms with E-state index in [2.05, 4.69) is 38.0 Å². The number of rotatable bonds is 2. The molecule has 1 aliphatic heterocycles. The van der Waals surface area contributed by atoms with Gasteiger partial charge in [-0.15, -0.1) is 0 Å². The van der Waals surface area contributed by atoms with Crippen molar-refractivity contribution >= 4 is 16.9 Å². The Morgan fingerprint density at radius 2 is 2.18 bits per heavy atom. The second-order valence-corrected chi connectivity index (χ2v) is 7.88. The van der Waals surface area contributed by atoms with Crippen molar-refractivity contribution in [3.63, 3.8) is 0 Å². The van der Waals surface area contributed by atoms with Crippen LogP contribution in [0.3, 0.4) is 0 Å². The molecule has 1 saturated carbocycles. The van der Waals surface area contributed by atoms with Crippen molar-refractivity contribution in [2.75, 3.05) is 6.54 Å². The van der Waals surface area contributed by atoms with E-state index in [0.29, 0.717) is 16.7 Å². The summed E-state index contributed by atoms with van der Waals surface area (Å²) in [5.74, 6) is 0.728. The van der Waals surface area contributed by atoms with Gasteiger partial charge in [-0.2, -0.15) is 0 Å². The monoisotopic (exact) mass is 254 g/mol. The number of nitrogens with zero attached hydrogens (tertiary/aromatic N) is 1. The minimum Gasteiger partial charge on any atom is -0.362 e. The molecule has 3 heteroatoms. The Bertz CT molecular complexity index is 297. The van der Waals surface area contributed by atoms with Gasteiger partial charge >= 0.3 is 0 Å². The van der Waals surface area contributed by atoms with Crippen LogP contribution in [0.5, 0.6) is 0 Å². The van der Waals surface area contributed by atoms with E-state index in [4.69, 9.17) is 0 Å². The maximum atomic E-state index is 4.65. The maximum Gasteiger partial charge on any atom is 0.157 e. The Balaban J connectivity index is 1.82. The fraction of sp³-hybridized carbons (Fsp3) is 0.929. The maximum absolute atomic E-state index is 4.65. The molecule has 1 fully saturated rings. The highest BCUT2D eigenvalue weighted by Gasteiger charge is 2.30. The summed E-state index contributed by atoms with van der Waals surface area (Å²) in [6, 6.07) is 0.649. The number of hydrogen-bond donors (Lipinski definition) is 1. The van der Waals surface area contributed by atoms with Crippen LogP contribution < -0.4 is 5.32 Å². The molecule has 0 saturated heterocycles. The van der Waals surface area contributed by atoms with Crippen molar-refractivity contribution in [2.45, 2.75) is 64.7 Å². The molecule has 2 nitrogen and oxygen atoms in total. The van der Waals surface area contributed by atoms with E-state index in [1.54, 1.807) is 0 Å². The first kappa shape index (κ1) is 13.3. The highest BCUT2D eigenvalue weighted by atomic mass is 32.2. The molecule has 2 atom stereocenters. The molecular formula is C14H26N2S. The van der Waals surface area contributed by atoms with Gasteiger partial charge in [0.1, 0.15) is 0 Å². The molecule has 0 bridgehead atoms. The quantitative estimate of drug-likeness (QED) is 0.813. The summed E-state index contributed by atoms with van der Waals surface area (Å²) in [7, 11) is 0. The van der Waals surface area contributed by atoms with Crippen LogP contribution in [0.25, 0.3) is 0 Å². The first-order chi connectivity index (χ1) is 7.96. The van der Waals surface area contributed by atoms with Crippen LogP contribution >= 0.6 is 11.8 Å². The number of aliphatic imine (C=N–C) groups is 1. The second-order valence-electron chi connectivity index (χ2n) is 6.65. The molecule has 1 heterocycles. The van der Waals surface area contributed by atoms with Crippen LogP contribution in [0.4, 0.5) is 0 Å². The van der Waals surface area contributed by atoms with Gasteiger partial charge in [-0.05, 0) is 30.6 Å². The number of nitrogens with one attached hydrogen (secondary N) is 1. The topological polar surface area (TPSA) is 24.4 Å². The van der Waals surface area contributed by atoms with Crippen LogP contribution in [-0.4, -0.2) is 23.0 Å². The number of hydrogen-bond acceptors (Lipinski definition) is 3. The van der Waals surface area contributed by atoms with Crippen molar-refractivity contribution in [3.05, 3.63) is 0 Å². The van der Waals surface area contributed by atoms with Crippen molar-refractivity contribution in [3.8, 4) is 0 Å². The summed E-state index contributed by atoms with van der Waals surface area (Å²) in [5, 5.41) is 5.56. The Hall–Kier alpha value is -0.180. The predicted molar refractivity (Wildman–Crippen MR) is 77.7 cm³/mol. The molecule has 0 aromatic rings. The Morgan fingerprint density at radius 3 is 2.76 bits per heavy atom. The predicted octanol–water partition coefficient (Wildman–Crippen LogP) is 3.67. The van der Waals surface area contributed by atoms with Crippen LogP contribution in [0, 0.1) is 11.3 Å². The highest BCUT2D eigenvalue weighted by Crippen LogP contribution is 2.36. The average molecular weight is 254 g/mol. The molecule has 0 amide bonds. The fourth-order valence-corrected chi connectivity index (χ4v) is 3.91. The minimum atomic E-state index is 0.511. The van der Waals surface area contributed by atoms with E-state index in [0.717, 1.165) is 12.5 Å². The molecule has 2 aliphatic rings. The van der Waals surface area contributed by atoms with Crippen LogP contribution in [0.15, 0.2) is 4.99 Å². The molecular weight excluding hydrogens is 228 g/mol. The van der Waals surface area contributed by atoms with E-state index in [1.165, 1.54) is 30.9 Å². The zero-order chi connectivity index (χ0) is 12.5. The smallest absolute Gasteiger partial charge is 0.157 e. The second kappa shape index (κ2) is 5.21. The van der Waals surface area contributed by atoms with Gasteiger partial charge in [0.05, 0.1) is 6.54 Å². The van der Waals surface area contributed by atoms with Gasteiger partial charge in [0.2, 0.25) is 0 Å². The summed E-state index contributed by atoms with van der Waals surface area (Å²) in [4.78, 5) is 4.65. The lowest BCUT2D eigenvalue weighted by atomic mass is 9.75. The standard InChI is InChI=1S/C14H26N2S/c1-10(2)12-9-15-13(17-12)16-11-6-5-7-14(3,4)8-11/h10-12H,5-9H2,1-4H3,(H,15,16). The zero-order valence-corrected chi connectivity index (χ0v) is 12.4. The lowest BCUT2D eigenvalue weighted by Gasteiger charge is -2.35. The van der Waals surface area contributed by atoms with Gasteiger partial charge in [0.15, 0.2) is 5.17 Å². The lowest BCUT2D eigenvalue weighted by molar-refractivity contribution is 0.211. The summed E-state index contributed by atoms with van der Waals surface area (Å²) >= 11 is 1.95. The summed E-state index contributed by atoms with van der Waals surface area (Å²) < 4.78 is 0. The Morgan fingerprint density at radius 1 is 1.41 bits per heavy atom. The van der Waals surface area contributed by atoms with E-state index in [1.807, 2.05) is 11.8 Å². The van der Waals surface area contributed by atoms with Gasteiger partial charge in [-0.1, -0.05) is 45.9 Å². The third kappa shape index (κ3) is 3.64. The van der Waals surface area contributed by atoms with Gasteiger partial charge < -0.3 is 5.32 Å². The summed E-state index contributed by atoms with van der Waals surface area (Å²) in [6.45, 7) is 10.4. The van der Waals surface area contributed by atoms with E-state index < -0.39 is 0 Å². The van der Waals surface area contributed by atoms with Crippen LogP contribution in [0.1, 0.15) is 53.4 Å². The molecule has 2 unspecified atom stereocenters. The zero-order valence-electron chi connectivity index (χ0n) is 11.6. The van der Waals surface area contributed by atoms with Crippen molar-refractivity contribution in [1.82, 2.24) is 5.32 Å². The normalized spacial score (nSPS) is 32.6. The van der Waals surface area contributed by atoms with Crippen LogP contribution in [-0.2, 0) is 0 Å². The summed E-state index contributed by atoms with van der Waals surface area (Å²) in [6.07, 6.45) is 5.34. The largest absolute Gasteiger partial charge is 0.362 e. The highest BCUT2D eigenvalue weighted by molar-refractivity contribution is 8.14. The van der Waals surface area contributed by atoms with E-state index in [9.17, 15) is 0 Å². The molecule has 1 N–H and O–H groups in total. The third-order valence-electron chi connectivity index (χ3n) is 3.95. The van der Waals surface area contributed by atoms with Crippen molar-refractivity contribution < 1.29 is 0 Å². The van der Waals surface area contributed by atoms with Crippen LogP contribution in [0.2, 0.25) is 0 Å². The molecule has 0 spiro atoms.